The van der Waals surface area contributed by atoms with Crippen LogP contribution >= 0.6 is 11.3 Å². The summed E-state index contributed by atoms with van der Waals surface area (Å²) in [5, 5.41) is 9.50. The van der Waals surface area contributed by atoms with Crippen LogP contribution in [0.2, 0.25) is 0 Å². The highest BCUT2D eigenvalue weighted by Crippen LogP contribution is 1.93. The number of rotatable bonds is 1. The van der Waals surface area contributed by atoms with E-state index in [0.29, 0.717) is 0 Å². The molecular formula is C4H3NO3S. The van der Waals surface area contributed by atoms with Gasteiger partial charge in [-0.15, -0.1) is 0 Å². The van der Waals surface area contributed by atoms with Crippen molar-refractivity contribution in [1.29, 1.82) is 0 Å². The standard InChI is InChI=1S/C4H3NO3S/c6-3(7)2-1-9-4(8)5-2/h1H,(H,5,8)(H,6,7). The minimum Gasteiger partial charge on any atom is -0.477 e. The summed E-state index contributed by atoms with van der Waals surface area (Å²) in [5.41, 5.74) is -0.0509. The summed E-state index contributed by atoms with van der Waals surface area (Å²) in [4.78, 5) is 22.1. The van der Waals surface area contributed by atoms with Crippen LogP contribution < -0.4 is 4.87 Å². The van der Waals surface area contributed by atoms with Gasteiger partial charge in [0.1, 0.15) is 5.69 Å². The second-order valence-corrected chi connectivity index (χ2v) is 2.21. The monoisotopic (exact) mass is 145 g/mol. The quantitative estimate of drug-likeness (QED) is 0.590. The lowest BCUT2D eigenvalue weighted by Crippen LogP contribution is -2.01. The zero-order valence-corrected chi connectivity index (χ0v) is 5.07. The van der Waals surface area contributed by atoms with E-state index in [0.717, 1.165) is 11.3 Å². The maximum absolute atomic E-state index is 10.3. The third kappa shape index (κ3) is 1.17. The number of carboxylic acid groups (broad SMARTS) is 1. The third-order valence-electron chi connectivity index (χ3n) is 0.751. The molecule has 4 nitrogen and oxygen atoms in total. The Kier molecular flexibility index (Phi) is 1.35. The van der Waals surface area contributed by atoms with Gasteiger partial charge in [-0.1, -0.05) is 11.3 Å². The summed E-state index contributed by atoms with van der Waals surface area (Å²) in [6, 6.07) is 0. The van der Waals surface area contributed by atoms with Crippen molar-refractivity contribution in [3.05, 3.63) is 20.7 Å². The molecule has 0 aliphatic carbocycles. The summed E-state index contributed by atoms with van der Waals surface area (Å²) >= 11 is 0.841. The Labute approximate surface area is 53.8 Å². The van der Waals surface area contributed by atoms with Gasteiger partial charge in [-0.3, -0.25) is 4.79 Å². The molecule has 0 saturated heterocycles. The molecule has 0 unspecified atom stereocenters. The summed E-state index contributed by atoms with van der Waals surface area (Å²) in [7, 11) is 0. The van der Waals surface area contributed by atoms with Crippen LogP contribution in [0.15, 0.2) is 10.2 Å². The van der Waals surface area contributed by atoms with Crippen molar-refractivity contribution in [3.63, 3.8) is 0 Å². The Hall–Kier alpha value is -1.10. The number of aromatic nitrogens is 1. The lowest BCUT2D eigenvalue weighted by atomic mass is 10.5. The Bertz CT molecular complexity index is 273. The Morgan fingerprint density at radius 3 is 2.67 bits per heavy atom. The normalized spacial score (nSPS) is 9.33. The summed E-state index contributed by atoms with van der Waals surface area (Å²) in [6.45, 7) is 0. The van der Waals surface area contributed by atoms with E-state index in [1.165, 1.54) is 5.38 Å². The molecule has 1 aromatic rings. The number of aromatic amines is 1. The highest BCUT2D eigenvalue weighted by molar-refractivity contribution is 7.07. The van der Waals surface area contributed by atoms with Gasteiger partial charge in [0, 0.05) is 5.38 Å². The van der Waals surface area contributed by atoms with Gasteiger partial charge in [0.05, 0.1) is 0 Å². The molecule has 0 saturated carbocycles. The molecule has 0 aliphatic heterocycles. The van der Waals surface area contributed by atoms with Crippen LogP contribution in [0.25, 0.3) is 0 Å². The van der Waals surface area contributed by atoms with Gasteiger partial charge in [0.2, 0.25) is 0 Å². The molecule has 0 bridgehead atoms. The number of H-pyrrole nitrogens is 1. The number of hydrogen-bond donors (Lipinski definition) is 2. The highest BCUT2D eigenvalue weighted by atomic mass is 32.1. The zero-order valence-electron chi connectivity index (χ0n) is 4.25. The van der Waals surface area contributed by atoms with Crippen molar-refractivity contribution in [1.82, 2.24) is 4.98 Å². The third-order valence-corrected chi connectivity index (χ3v) is 1.42. The van der Waals surface area contributed by atoms with Crippen molar-refractivity contribution >= 4 is 17.3 Å². The maximum Gasteiger partial charge on any atom is 0.353 e. The summed E-state index contributed by atoms with van der Waals surface area (Å²) in [6.07, 6.45) is 0. The van der Waals surface area contributed by atoms with E-state index >= 15 is 0 Å². The second-order valence-electron chi connectivity index (χ2n) is 1.37. The SMILES string of the molecule is O=C(O)c1csc(=O)[nH]1. The fraction of sp³-hybridized carbons (Fsp3) is 0. The maximum atomic E-state index is 10.3. The lowest BCUT2D eigenvalue weighted by Gasteiger charge is -1.79. The van der Waals surface area contributed by atoms with Gasteiger partial charge in [0.25, 0.3) is 0 Å². The van der Waals surface area contributed by atoms with Crippen LogP contribution in [0.4, 0.5) is 0 Å². The number of nitrogens with one attached hydrogen (secondary N) is 1. The van der Waals surface area contributed by atoms with Gasteiger partial charge in [-0.05, 0) is 0 Å². The number of carboxylic acids is 1. The fourth-order valence-electron chi connectivity index (χ4n) is 0.385. The van der Waals surface area contributed by atoms with Crippen LogP contribution in [-0.4, -0.2) is 16.1 Å². The molecule has 1 rings (SSSR count). The largest absolute Gasteiger partial charge is 0.477 e. The van der Waals surface area contributed by atoms with Crippen LogP contribution in [0.5, 0.6) is 0 Å². The van der Waals surface area contributed by atoms with Gasteiger partial charge >= 0.3 is 10.8 Å². The fourth-order valence-corrected chi connectivity index (χ4v) is 0.939. The van der Waals surface area contributed by atoms with Crippen molar-refractivity contribution < 1.29 is 9.90 Å². The first-order valence-corrected chi connectivity index (χ1v) is 2.99. The predicted molar refractivity (Wildman–Crippen MR) is 31.9 cm³/mol. The molecule has 0 amide bonds. The molecule has 2 N–H and O–H groups in total. The number of aromatic carboxylic acids is 1. The zero-order chi connectivity index (χ0) is 6.85. The summed E-state index contributed by atoms with van der Waals surface area (Å²) < 4.78 is 0. The molecule has 1 heterocycles. The molecule has 0 aliphatic rings. The molecule has 0 spiro atoms. The molecule has 5 heteroatoms. The number of thiazole rings is 1. The average molecular weight is 145 g/mol. The van der Waals surface area contributed by atoms with E-state index in [1.54, 1.807) is 0 Å². The van der Waals surface area contributed by atoms with Crippen molar-refractivity contribution in [2.45, 2.75) is 0 Å². The van der Waals surface area contributed by atoms with Gasteiger partial charge in [-0.25, -0.2) is 4.79 Å². The van der Waals surface area contributed by atoms with Crippen molar-refractivity contribution in [2.75, 3.05) is 0 Å². The van der Waals surface area contributed by atoms with Crippen LogP contribution in [-0.2, 0) is 0 Å². The average Bonchev–Trinajstić information content (AvgIpc) is 2.14. The molecule has 0 radical (unpaired) electrons. The number of carbonyl (C=O) groups is 1. The van der Waals surface area contributed by atoms with Crippen LogP contribution in [0.1, 0.15) is 10.5 Å². The second kappa shape index (κ2) is 2.02. The van der Waals surface area contributed by atoms with Gasteiger partial charge < -0.3 is 10.1 Å². The van der Waals surface area contributed by atoms with E-state index in [4.69, 9.17) is 5.11 Å². The topological polar surface area (TPSA) is 70.2 Å². The van der Waals surface area contributed by atoms with E-state index in [9.17, 15) is 9.59 Å². The minimum absolute atomic E-state index is 0.0509. The molecule has 48 valence electrons. The Balaban J connectivity index is 3.12. The highest BCUT2D eigenvalue weighted by Gasteiger charge is 2.02. The van der Waals surface area contributed by atoms with Gasteiger partial charge in [0.15, 0.2) is 0 Å². The van der Waals surface area contributed by atoms with Crippen LogP contribution in [0.3, 0.4) is 0 Å². The number of hydrogen-bond acceptors (Lipinski definition) is 3. The van der Waals surface area contributed by atoms with E-state index in [1.807, 2.05) is 0 Å². The molecule has 9 heavy (non-hydrogen) atoms. The Morgan fingerprint density at radius 1 is 1.78 bits per heavy atom. The molecule has 0 atom stereocenters. The van der Waals surface area contributed by atoms with Crippen LogP contribution in [0, 0.1) is 0 Å². The first kappa shape index (κ1) is 6.03. The molecule has 0 fully saturated rings. The van der Waals surface area contributed by atoms with Gasteiger partial charge in [-0.2, -0.15) is 0 Å². The van der Waals surface area contributed by atoms with E-state index in [-0.39, 0.29) is 10.6 Å². The smallest absolute Gasteiger partial charge is 0.353 e. The first-order valence-electron chi connectivity index (χ1n) is 2.11. The summed E-state index contributed by atoms with van der Waals surface area (Å²) in [5.74, 6) is -1.10. The predicted octanol–water partition coefficient (Wildman–Crippen LogP) is 0.135. The van der Waals surface area contributed by atoms with E-state index < -0.39 is 5.97 Å². The molecule has 1 aromatic heterocycles. The molecular weight excluding hydrogens is 142 g/mol. The minimum atomic E-state index is -1.10. The van der Waals surface area contributed by atoms with Crippen molar-refractivity contribution in [2.24, 2.45) is 0 Å². The first-order chi connectivity index (χ1) is 4.20. The van der Waals surface area contributed by atoms with Crippen molar-refractivity contribution in [3.8, 4) is 0 Å². The Morgan fingerprint density at radius 2 is 2.44 bits per heavy atom. The van der Waals surface area contributed by atoms with E-state index in [2.05, 4.69) is 4.98 Å². The lowest BCUT2D eigenvalue weighted by molar-refractivity contribution is 0.0691. The molecule has 0 aromatic carbocycles.